The smallest absolute Gasteiger partial charge is 0.485 e. The highest BCUT2D eigenvalue weighted by atomic mass is 32.2. The van der Waals surface area contributed by atoms with Gasteiger partial charge in [0.15, 0.2) is 10.1 Å². The summed E-state index contributed by atoms with van der Waals surface area (Å²) in [5, 5.41) is 1.91. The van der Waals surface area contributed by atoms with Gasteiger partial charge in [-0.05, 0) is 55.5 Å². The standard InChI is InChI=1S/C25H23N2O.CHF3O3S/c1-4-17-27(19-15-13-18(2)14-16-19)25(28)24-20-9-5-7-11-22(20)26(3)23-12-8-6-10-21(23)24;2-1(3,4)8(5,6)7/h4-16H,1,17H2,2-3H3;(H,5,6,7)/q+1;/p-1. The average molecular weight is 517 g/mol. The number of aromatic nitrogens is 1. The molecule has 0 aliphatic rings. The molecule has 0 aliphatic heterocycles. The average Bonchev–Trinajstić information content (AvgIpc) is 2.82. The molecule has 0 spiro atoms. The monoisotopic (exact) mass is 516 g/mol. The molecular formula is C26H23F3N2O4S. The lowest BCUT2D eigenvalue weighted by Gasteiger charge is -2.21. The van der Waals surface area contributed by atoms with Crippen molar-refractivity contribution in [3.05, 3.63) is 96.6 Å². The molecule has 0 unspecified atom stereocenters. The lowest BCUT2D eigenvalue weighted by atomic mass is 10.0. The summed E-state index contributed by atoms with van der Waals surface area (Å²) in [5.41, 5.74) is -0.812. The Kier molecular flexibility index (Phi) is 7.80. The molecule has 0 saturated heterocycles. The SMILES string of the molecule is C=CCN(C(=O)[c+]1c2ccccc2n(C)c2ccccc21)c1ccc(C)cc1.O=S(=O)([O-])C(F)(F)F. The summed E-state index contributed by atoms with van der Waals surface area (Å²) in [6.45, 7) is 6.35. The predicted octanol–water partition coefficient (Wildman–Crippen LogP) is 5.81. The second kappa shape index (κ2) is 10.5. The second-order valence-electron chi connectivity index (χ2n) is 7.91. The number of halogens is 3. The first-order chi connectivity index (χ1) is 16.9. The maximum atomic E-state index is 13.8. The number of amides is 1. The molecule has 6 nitrogen and oxygen atoms in total. The van der Waals surface area contributed by atoms with Crippen molar-refractivity contribution in [1.82, 2.24) is 4.57 Å². The van der Waals surface area contributed by atoms with Crippen LogP contribution in [0.3, 0.4) is 0 Å². The highest BCUT2D eigenvalue weighted by Crippen LogP contribution is 2.30. The van der Waals surface area contributed by atoms with Gasteiger partial charge in [0.25, 0.3) is 5.91 Å². The number of hydrogen-bond acceptors (Lipinski definition) is 4. The Morgan fingerprint density at radius 2 is 1.44 bits per heavy atom. The Hall–Kier alpha value is -3.76. The predicted molar refractivity (Wildman–Crippen MR) is 134 cm³/mol. The van der Waals surface area contributed by atoms with Crippen LogP contribution in [0.2, 0.25) is 0 Å². The van der Waals surface area contributed by atoms with Crippen LogP contribution in [0.1, 0.15) is 15.9 Å². The van der Waals surface area contributed by atoms with Crippen molar-refractivity contribution in [3.63, 3.8) is 0 Å². The van der Waals surface area contributed by atoms with Crippen LogP contribution in [0, 0.1) is 6.92 Å². The number of alkyl halides is 3. The topological polar surface area (TPSA) is 82.4 Å². The number of pyridine rings is 1. The number of rotatable bonds is 4. The molecule has 3 aromatic carbocycles. The van der Waals surface area contributed by atoms with Gasteiger partial charge in [0, 0.05) is 31.4 Å². The van der Waals surface area contributed by atoms with Crippen molar-refractivity contribution >= 4 is 43.5 Å². The molecule has 10 heteroatoms. The van der Waals surface area contributed by atoms with E-state index in [4.69, 9.17) is 13.0 Å². The molecule has 0 fully saturated rings. The van der Waals surface area contributed by atoms with Crippen molar-refractivity contribution in [2.24, 2.45) is 7.05 Å². The molecule has 1 amide bonds. The van der Waals surface area contributed by atoms with Gasteiger partial charge in [0.2, 0.25) is 0 Å². The van der Waals surface area contributed by atoms with Crippen molar-refractivity contribution in [2.45, 2.75) is 12.4 Å². The maximum Gasteiger partial charge on any atom is 0.485 e. The molecule has 0 bridgehead atoms. The second-order valence-corrected chi connectivity index (χ2v) is 9.28. The van der Waals surface area contributed by atoms with E-state index in [9.17, 15) is 18.0 Å². The van der Waals surface area contributed by atoms with Gasteiger partial charge in [-0.1, -0.05) is 23.8 Å². The summed E-state index contributed by atoms with van der Waals surface area (Å²) >= 11 is 0. The minimum atomic E-state index is -6.09. The zero-order valence-electron chi connectivity index (χ0n) is 19.5. The van der Waals surface area contributed by atoms with E-state index in [0.29, 0.717) is 6.54 Å². The fourth-order valence-corrected chi connectivity index (χ4v) is 3.75. The van der Waals surface area contributed by atoms with Gasteiger partial charge >= 0.3 is 5.51 Å². The number of carbonyl (C=O) groups is 1. The summed E-state index contributed by atoms with van der Waals surface area (Å²) in [5.74, 6) is -0.0169. The van der Waals surface area contributed by atoms with E-state index in [1.54, 1.807) is 11.0 Å². The van der Waals surface area contributed by atoms with Crippen LogP contribution in [0.4, 0.5) is 18.9 Å². The molecular weight excluding hydrogens is 493 g/mol. The Morgan fingerprint density at radius 3 is 1.86 bits per heavy atom. The molecule has 36 heavy (non-hydrogen) atoms. The van der Waals surface area contributed by atoms with Gasteiger partial charge in [-0.15, -0.1) is 6.58 Å². The highest BCUT2D eigenvalue weighted by molar-refractivity contribution is 7.86. The summed E-state index contributed by atoms with van der Waals surface area (Å²) < 4.78 is 61.0. The number of para-hydroxylation sites is 2. The number of benzene rings is 3. The summed E-state index contributed by atoms with van der Waals surface area (Å²) in [7, 11) is -4.05. The number of hydrogen-bond donors (Lipinski definition) is 0. The lowest BCUT2D eigenvalue weighted by molar-refractivity contribution is -0.0517. The molecule has 0 aliphatic carbocycles. The fourth-order valence-electron chi connectivity index (χ4n) is 3.75. The third-order valence-corrected chi connectivity index (χ3v) is 6.04. The Labute approximate surface area is 206 Å². The van der Waals surface area contributed by atoms with Gasteiger partial charge in [0.05, 0.1) is 0 Å². The van der Waals surface area contributed by atoms with E-state index in [1.165, 1.54) is 0 Å². The fraction of sp³-hybridized carbons (Fsp3) is 0.154. The number of anilines is 1. The Morgan fingerprint density at radius 1 is 1.00 bits per heavy atom. The molecule has 4 rings (SSSR count). The largest absolute Gasteiger partial charge is 0.741 e. The van der Waals surface area contributed by atoms with E-state index < -0.39 is 15.6 Å². The first kappa shape index (κ1) is 26.8. The molecule has 1 heterocycles. The molecule has 0 atom stereocenters. The highest BCUT2D eigenvalue weighted by Gasteiger charge is 2.37. The number of fused-ring (bicyclic) bond motifs is 2. The van der Waals surface area contributed by atoms with E-state index >= 15 is 0 Å². The van der Waals surface area contributed by atoms with E-state index in [2.05, 4.69) is 23.3 Å². The molecule has 0 saturated carbocycles. The van der Waals surface area contributed by atoms with Crippen LogP contribution >= 0.6 is 0 Å². The maximum absolute atomic E-state index is 13.8. The van der Waals surface area contributed by atoms with Gasteiger partial charge in [-0.3, -0.25) is 14.3 Å². The first-order valence-electron chi connectivity index (χ1n) is 10.7. The zero-order valence-corrected chi connectivity index (χ0v) is 20.3. The molecule has 0 radical (unpaired) electrons. The molecule has 188 valence electrons. The van der Waals surface area contributed by atoms with Gasteiger partial charge < -0.3 is 4.55 Å². The van der Waals surface area contributed by atoms with Crippen molar-refractivity contribution in [3.8, 4) is 0 Å². The normalized spacial score (nSPS) is 11.6. The van der Waals surface area contributed by atoms with Crippen molar-refractivity contribution in [2.75, 3.05) is 11.4 Å². The van der Waals surface area contributed by atoms with Crippen LogP contribution in [0.15, 0.2) is 85.5 Å². The van der Waals surface area contributed by atoms with Crippen LogP contribution in [0.25, 0.3) is 21.8 Å². The van der Waals surface area contributed by atoms with E-state index in [0.717, 1.165) is 38.6 Å². The Bertz CT molecular complexity index is 1480. The first-order valence-corrected chi connectivity index (χ1v) is 12.1. The number of nitrogens with zero attached hydrogens (tertiary/aromatic N) is 2. The van der Waals surface area contributed by atoms with Crippen LogP contribution in [-0.2, 0) is 17.2 Å². The third kappa shape index (κ3) is 5.55. The summed E-state index contributed by atoms with van der Waals surface area (Å²) in [6.07, 6.45) is 1.77. The minimum Gasteiger partial charge on any atom is -0.741 e. The zero-order chi connectivity index (χ0) is 26.7. The van der Waals surface area contributed by atoms with Gasteiger partial charge in [0.1, 0.15) is 27.4 Å². The quantitative estimate of drug-likeness (QED) is 0.113. The van der Waals surface area contributed by atoms with Gasteiger partial charge in [-0.25, -0.2) is 8.42 Å². The lowest BCUT2D eigenvalue weighted by Crippen LogP contribution is -2.31. The van der Waals surface area contributed by atoms with E-state index in [-0.39, 0.29) is 5.91 Å². The molecule has 4 aromatic rings. The summed E-state index contributed by atoms with van der Waals surface area (Å²) in [6, 6.07) is 24.2. The van der Waals surface area contributed by atoms with Crippen LogP contribution in [0.5, 0.6) is 0 Å². The molecule has 1 aromatic heterocycles. The van der Waals surface area contributed by atoms with Crippen molar-refractivity contribution < 1.29 is 30.9 Å². The van der Waals surface area contributed by atoms with E-state index in [1.807, 2.05) is 74.6 Å². The van der Waals surface area contributed by atoms with Crippen LogP contribution in [-0.4, -0.2) is 35.5 Å². The van der Waals surface area contributed by atoms with Crippen molar-refractivity contribution in [1.29, 1.82) is 0 Å². The van der Waals surface area contributed by atoms with Gasteiger partial charge in [-0.2, -0.15) is 13.2 Å². The van der Waals surface area contributed by atoms with Crippen LogP contribution < -0.4 is 4.90 Å². The Balaban J connectivity index is 0.000000392. The molecule has 0 N–H and O–H groups in total. The number of aryl methyl sites for hydroxylation is 2. The summed E-state index contributed by atoms with van der Waals surface area (Å²) in [4.78, 5) is 15.6. The minimum absolute atomic E-state index is 0.0169. The third-order valence-electron chi connectivity index (χ3n) is 5.47. The number of carbonyl (C=O) groups excluding carboxylic acids is 1.